The van der Waals surface area contributed by atoms with Crippen molar-refractivity contribution in [1.29, 1.82) is 5.26 Å². The minimum Gasteiger partial charge on any atom is -0.345 e. The van der Waals surface area contributed by atoms with Gasteiger partial charge in [0.05, 0.1) is 11.6 Å². The number of carbonyl (C=O) groups excluding carboxylic acids is 2. The molecule has 2 rings (SSSR count). The van der Waals surface area contributed by atoms with Crippen LogP contribution < -0.4 is 5.32 Å². The van der Waals surface area contributed by atoms with E-state index in [9.17, 15) is 9.59 Å². The van der Waals surface area contributed by atoms with Gasteiger partial charge in [-0.3, -0.25) is 9.59 Å². The van der Waals surface area contributed by atoms with Gasteiger partial charge in [-0.25, -0.2) is 0 Å². The zero-order chi connectivity index (χ0) is 21.2. The summed E-state index contributed by atoms with van der Waals surface area (Å²) in [7, 11) is 3.93. The molecular formula is C23H34N4O2. The highest BCUT2D eigenvalue weighted by atomic mass is 16.2. The van der Waals surface area contributed by atoms with E-state index in [2.05, 4.69) is 11.4 Å². The van der Waals surface area contributed by atoms with E-state index < -0.39 is 6.04 Å². The number of hydrogen-bond acceptors (Lipinski definition) is 4. The van der Waals surface area contributed by atoms with E-state index in [1.807, 2.05) is 37.2 Å². The Morgan fingerprint density at radius 1 is 1.21 bits per heavy atom. The van der Waals surface area contributed by atoms with Gasteiger partial charge in [0.25, 0.3) is 0 Å². The molecule has 1 aromatic rings. The molecule has 0 aromatic heterocycles. The van der Waals surface area contributed by atoms with Crippen LogP contribution in [0.3, 0.4) is 0 Å². The van der Waals surface area contributed by atoms with Crippen LogP contribution >= 0.6 is 0 Å². The van der Waals surface area contributed by atoms with E-state index in [1.54, 1.807) is 17.9 Å². The van der Waals surface area contributed by atoms with Gasteiger partial charge in [-0.15, -0.1) is 0 Å². The molecule has 0 bridgehead atoms. The first-order chi connectivity index (χ1) is 13.9. The third-order valence-electron chi connectivity index (χ3n) is 5.51. The quantitative estimate of drug-likeness (QED) is 0.694. The van der Waals surface area contributed by atoms with Gasteiger partial charge in [0.1, 0.15) is 6.04 Å². The van der Waals surface area contributed by atoms with Crippen LogP contribution in [0.15, 0.2) is 24.3 Å². The Morgan fingerprint density at radius 3 is 2.59 bits per heavy atom. The van der Waals surface area contributed by atoms with Gasteiger partial charge in [0, 0.05) is 26.1 Å². The minimum atomic E-state index is -0.563. The molecule has 0 heterocycles. The summed E-state index contributed by atoms with van der Waals surface area (Å²) in [5, 5.41) is 12.0. The lowest BCUT2D eigenvalue weighted by Crippen LogP contribution is -2.48. The van der Waals surface area contributed by atoms with Crippen molar-refractivity contribution in [2.24, 2.45) is 5.92 Å². The number of rotatable bonds is 9. The third-order valence-corrected chi connectivity index (χ3v) is 5.51. The van der Waals surface area contributed by atoms with Crippen LogP contribution in [0.1, 0.15) is 56.6 Å². The highest BCUT2D eigenvalue weighted by molar-refractivity contribution is 5.87. The van der Waals surface area contributed by atoms with Gasteiger partial charge >= 0.3 is 0 Å². The molecule has 1 aromatic carbocycles. The van der Waals surface area contributed by atoms with Crippen LogP contribution in [0.2, 0.25) is 0 Å². The molecule has 6 heteroatoms. The molecule has 1 fully saturated rings. The predicted molar refractivity (Wildman–Crippen MR) is 114 cm³/mol. The fourth-order valence-corrected chi connectivity index (χ4v) is 3.84. The molecule has 1 saturated carbocycles. The number of hydrogen-bond donors (Lipinski definition) is 1. The maximum Gasteiger partial charge on any atom is 0.245 e. The Kier molecular flexibility index (Phi) is 9.14. The SMILES string of the molecule is CC(NC(=O)CC1CCCCC1)C(=O)N(CCN(C)C)Cc1cccc(C#N)c1. The molecule has 6 nitrogen and oxygen atoms in total. The Bertz CT molecular complexity index is 720. The van der Waals surface area contributed by atoms with Crippen LogP contribution in [-0.4, -0.2) is 54.8 Å². The molecule has 1 N–H and O–H groups in total. The molecule has 0 spiro atoms. The van der Waals surface area contributed by atoms with E-state index in [0.29, 0.717) is 31.0 Å². The van der Waals surface area contributed by atoms with E-state index in [1.165, 1.54) is 19.3 Å². The molecule has 2 amide bonds. The third kappa shape index (κ3) is 7.86. The second-order valence-corrected chi connectivity index (χ2v) is 8.37. The topological polar surface area (TPSA) is 76.4 Å². The molecule has 29 heavy (non-hydrogen) atoms. The van der Waals surface area contributed by atoms with Crippen LogP contribution in [0.4, 0.5) is 0 Å². The summed E-state index contributed by atoms with van der Waals surface area (Å²) in [5.41, 5.74) is 1.49. The summed E-state index contributed by atoms with van der Waals surface area (Å²) >= 11 is 0. The fourth-order valence-electron chi connectivity index (χ4n) is 3.84. The van der Waals surface area contributed by atoms with Crippen molar-refractivity contribution in [2.45, 2.75) is 58.0 Å². The van der Waals surface area contributed by atoms with Gasteiger partial charge in [-0.05, 0) is 57.5 Å². The number of nitriles is 1. The van der Waals surface area contributed by atoms with Crippen molar-refractivity contribution in [3.05, 3.63) is 35.4 Å². The molecule has 0 aliphatic heterocycles. The molecule has 1 atom stereocenters. The molecular weight excluding hydrogens is 364 g/mol. The summed E-state index contributed by atoms with van der Waals surface area (Å²) in [4.78, 5) is 29.3. The normalized spacial score (nSPS) is 15.6. The summed E-state index contributed by atoms with van der Waals surface area (Å²) < 4.78 is 0. The molecule has 1 aliphatic carbocycles. The summed E-state index contributed by atoms with van der Waals surface area (Å²) in [6.45, 7) is 3.47. The Morgan fingerprint density at radius 2 is 1.93 bits per heavy atom. The second-order valence-electron chi connectivity index (χ2n) is 8.37. The van der Waals surface area contributed by atoms with Gasteiger partial charge in [-0.2, -0.15) is 5.26 Å². The van der Waals surface area contributed by atoms with Crippen molar-refractivity contribution in [2.75, 3.05) is 27.2 Å². The zero-order valence-corrected chi connectivity index (χ0v) is 18.0. The average molecular weight is 399 g/mol. The van der Waals surface area contributed by atoms with Crippen LogP contribution in [-0.2, 0) is 16.1 Å². The number of likely N-dealkylation sites (N-methyl/N-ethyl adjacent to an activating group) is 1. The standard InChI is InChI=1S/C23H34N4O2/c1-18(25-22(28)15-19-8-5-4-6-9-19)23(29)27(13-12-26(2)3)17-21-11-7-10-20(14-21)16-24/h7,10-11,14,18-19H,4-6,8-9,12-13,15,17H2,1-3H3,(H,25,28). The van der Waals surface area contributed by atoms with Crippen molar-refractivity contribution >= 4 is 11.8 Å². The average Bonchev–Trinajstić information content (AvgIpc) is 2.71. The van der Waals surface area contributed by atoms with Crippen molar-refractivity contribution in [3.63, 3.8) is 0 Å². The van der Waals surface area contributed by atoms with E-state index in [-0.39, 0.29) is 11.8 Å². The van der Waals surface area contributed by atoms with Crippen LogP contribution in [0, 0.1) is 17.2 Å². The Hall–Kier alpha value is -2.39. The number of carbonyl (C=O) groups is 2. The lowest BCUT2D eigenvalue weighted by atomic mass is 9.87. The number of benzene rings is 1. The summed E-state index contributed by atoms with van der Waals surface area (Å²) in [6, 6.07) is 8.89. The van der Waals surface area contributed by atoms with Gasteiger partial charge < -0.3 is 15.1 Å². The van der Waals surface area contributed by atoms with Crippen molar-refractivity contribution in [1.82, 2.24) is 15.1 Å². The maximum atomic E-state index is 13.1. The van der Waals surface area contributed by atoms with Crippen molar-refractivity contribution < 1.29 is 9.59 Å². The smallest absolute Gasteiger partial charge is 0.245 e. The van der Waals surface area contributed by atoms with Crippen LogP contribution in [0.25, 0.3) is 0 Å². The highest BCUT2D eigenvalue weighted by Crippen LogP contribution is 2.26. The Balaban J connectivity index is 1.98. The zero-order valence-electron chi connectivity index (χ0n) is 18.0. The first kappa shape index (κ1) is 22.9. The molecule has 158 valence electrons. The van der Waals surface area contributed by atoms with Gasteiger partial charge in [-0.1, -0.05) is 31.4 Å². The van der Waals surface area contributed by atoms with E-state index in [4.69, 9.17) is 5.26 Å². The monoisotopic (exact) mass is 398 g/mol. The Labute approximate surface area is 174 Å². The highest BCUT2D eigenvalue weighted by Gasteiger charge is 2.24. The van der Waals surface area contributed by atoms with Gasteiger partial charge in [0.2, 0.25) is 11.8 Å². The number of nitrogens with one attached hydrogen (secondary N) is 1. The van der Waals surface area contributed by atoms with Crippen LogP contribution in [0.5, 0.6) is 0 Å². The minimum absolute atomic E-state index is 0.0308. The fraction of sp³-hybridized carbons (Fsp3) is 0.609. The largest absolute Gasteiger partial charge is 0.345 e. The second kappa shape index (κ2) is 11.6. The predicted octanol–water partition coefficient (Wildman–Crippen LogP) is 2.92. The first-order valence-electron chi connectivity index (χ1n) is 10.6. The maximum absolute atomic E-state index is 13.1. The molecule has 1 aliphatic rings. The van der Waals surface area contributed by atoms with Crippen molar-refractivity contribution in [3.8, 4) is 6.07 Å². The summed E-state index contributed by atoms with van der Waals surface area (Å²) in [6.07, 6.45) is 6.40. The molecule has 0 saturated heterocycles. The molecule has 1 unspecified atom stereocenters. The van der Waals surface area contributed by atoms with E-state index in [0.717, 1.165) is 24.9 Å². The number of amides is 2. The number of nitrogens with zero attached hydrogens (tertiary/aromatic N) is 3. The first-order valence-corrected chi connectivity index (χ1v) is 10.6. The summed E-state index contributed by atoms with van der Waals surface area (Å²) in [5.74, 6) is 0.326. The molecule has 0 radical (unpaired) electrons. The lowest BCUT2D eigenvalue weighted by molar-refractivity contribution is -0.136. The van der Waals surface area contributed by atoms with Gasteiger partial charge in [0.15, 0.2) is 0 Å². The lowest BCUT2D eigenvalue weighted by Gasteiger charge is -2.28. The van der Waals surface area contributed by atoms with E-state index >= 15 is 0 Å².